The summed E-state index contributed by atoms with van der Waals surface area (Å²) in [6.45, 7) is 12.2. The van der Waals surface area contributed by atoms with Crippen molar-refractivity contribution in [1.29, 1.82) is 5.26 Å². The number of aryl methyl sites for hydroxylation is 5. The predicted octanol–water partition coefficient (Wildman–Crippen LogP) is 5.87. The number of rotatable bonds is 4. The lowest BCUT2D eigenvalue weighted by atomic mass is 10.1. The van der Waals surface area contributed by atoms with E-state index in [0.717, 1.165) is 33.8 Å². The van der Waals surface area contributed by atoms with Crippen LogP contribution in [0.3, 0.4) is 0 Å². The SMILES string of the molecule is Cc1cc(C)cc(-n2c(C)cc(C=C(C#N)C(=O)Nc3ccc(C)c(C)c3)c2C)c1. The molecule has 1 amide bonds. The van der Waals surface area contributed by atoms with Gasteiger partial charge in [-0.15, -0.1) is 0 Å². The molecule has 0 bridgehead atoms. The fraction of sp³-hybridized carbons (Fsp3) is 0.231. The minimum Gasteiger partial charge on any atom is -0.321 e. The second-order valence-electron chi connectivity index (χ2n) is 7.93. The molecule has 1 N–H and O–H groups in total. The lowest BCUT2D eigenvalue weighted by Crippen LogP contribution is -2.13. The van der Waals surface area contributed by atoms with Crippen LogP contribution in [0, 0.1) is 52.9 Å². The van der Waals surface area contributed by atoms with Gasteiger partial charge in [0.1, 0.15) is 11.6 Å². The molecule has 30 heavy (non-hydrogen) atoms. The number of carbonyl (C=O) groups is 1. The molecule has 0 saturated heterocycles. The molecule has 0 aliphatic rings. The molecule has 152 valence electrons. The van der Waals surface area contributed by atoms with Gasteiger partial charge < -0.3 is 9.88 Å². The number of hydrogen-bond acceptors (Lipinski definition) is 2. The summed E-state index contributed by atoms with van der Waals surface area (Å²) >= 11 is 0. The summed E-state index contributed by atoms with van der Waals surface area (Å²) in [6, 6.07) is 16.2. The zero-order valence-corrected chi connectivity index (χ0v) is 18.4. The van der Waals surface area contributed by atoms with E-state index in [1.165, 1.54) is 11.1 Å². The average Bonchev–Trinajstić information content (AvgIpc) is 2.95. The van der Waals surface area contributed by atoms with Gasteiger partial charge >= 0.3 is 0 Å². The van der Waals surface area contributed by atoms with Crippen LogP contribution in [0.15, 0.2) is 48.0 Å². The third-order valence-corrected chi connectivity index (χ3v) is 5.36. The van der Waals surface area contributed by atoms with Crippen molar-refractivity contribution >= 4 is 17.7 Å². The van der Waals surface area contributed by atoms with Gasteiger partial charge in [-0.3, -0.25) is 4.79 Å². The largest absolute Gasteiger partial charge is 0.321 e. The molecule has 0 saturated carbocycles. The molecule has 4 nitrogen and oxygen atoms in total. The first-order chi connectivity index (χ1) is 14.2. The number of nitrogens with zero attached hydrogens (tertiary/aromatic N) is 2. The van der Waals surface area contributed by atoms with E-state index < -0.39 is 5.91 Å². The quantitative estimate of drug-likeness (QED) is 0.442. The fourth-order valence-corrected chi connectivity index (χ4v) is 3.73. The Labute approximate surface area is 178 Å². The van der Waals surface area contributed by atoms with E-state index in [1.807, 2.05) is 52.0 Å². The second-order valence-corrected chi connectivity index (χ2v) is 7.93. The van der Waals surface area contributed by atoms with Gasteiger partial charge in [0.05, 0.1) is 0 Å². The molecular weight excluding hydrogens is 370 g/mol. The predicted molar refractivity (Wildman–Crippen MR) is 123 cm³/mol. The van der Waals surface area contributed by atoms with Crippen molar-refractivity contribution in [3.8, 4) is 11.8 Å². The van der Waals surface area contributed by atoms with E-state index >= 15 is 0 Å². The minimum absolute atomic E-state index is 0.0777. The molecule has 1 aromatic heterocycles. The van der Waals surface area contributed by atoms with Gasteiger partial charge in [0.25, 0.3) is 5.91 Å². The summed E-state index contributed by atoms with van der Waals surface area (Å²) in [5.41, 5.74) is 9.38. The summed E-state index contributed by atoms with van der Waals surface area (Å²) in [6.07, 6.45) is 1.66. The molecule has 0 unspecified atom stereocenters. The average molecular weight is 398 g/mol. The normalized spacial score (nSPS) is 11.3. The van der Waals surface area contributed by atoms with Crippen LogP contribution in [-0.2, 0) is 4.79 Å². The molecular formula is C26H27N3O. The minimum atomic E-state index is -0.406. The van der Waals surface area contributed by atoms with E-state index in [2.05, 4.69) is 48.0 Å². The van der Waals surface area contributed by atoms with Gasteiger partial charge in [0, 0.05) is 22.8 Å². The fourth-order valence-electron chi connectivity index (χ4n) is 3.73. The number of amides is 1. The van der Waals surface area contributed by atoms with Crippen LogP contribution >= 0.6 is 0 Å². The van der Waals surface area contributed by atoms with Gasteiger partial charge in [-0.1, -0.05) is 12.1 Å². The summed E-state index contributed by atoms with van der Waals surface area (Å²) in [4.78, 5) is 12.7. The zero-order chi connectivity index (χ0) is 22.0. The first-order valence-electron chi connectivity index (χ1n) is 9.97. The number of nitriles is 1. The van der Waals surface area contributed by atoms with Gasteiger partial charge in [-0.05, 0) is 106 Å². The second kappa shape index (κ2) is 8.42. The number of carbonyl (C=O) groups excluding carboxylic acids is 1. The van der Waals surface area contributed by atoms with Crippen molar-refractivity contribution in [2.24, 2.45) is 0 Å². The topological polar surface area (TPSA) is 57.8 Å². The Hall–Kier alpha value is -3.58. The molecule has 0 spiro atoms. The number of anilines is 1. The molecule has 0 atom stereocenters. The Balaban J connectivity index is 1.95. The Morgan fingerprint density at radius 1 is 0.933 bits per heavy atom. The Kier molecular flexibility index (Phi) is 5.94. The lowest BCUT2D eigenvalue weighted by molar-refractivity contribution is -0.112. The Morgan fingerprint density at radius 3 is 2.20 bits per heavy atom. The summed E-state index contributed by atoms with van der Waals surface area (Å²) < 4.78 is 2.15. The maximum atomic E-state index is 12.7. The summed E-state index contributed by atoms with van der Waals surface area (Å²) in [5, 5.41) is 12.4. The third-order valence-electron chi connectivity index (χ3n) is 5.36. The van der Waals surface area contributed by atoms with E-state index in [-0.39, 0.29) is 5.57 Å². The molecule has 0 fully saturated rings. The van der Waals surface area contributed by atoms with Crippen molar-refractivity contribution in [2.45, 2.75) is 41.5 Å². The van der Waals surface area contributed by atoms with Crippen molar-refractivity contribution < 1.29 is 4.79 Å². The Morgan fingerprint density at radius 2 is 1.60 bits per heavy atom. The highest BCUT2D eigenvalue weighted by Crippen LogP contribution is 2.25. The highest BCUT2D eigenvalue weighted by atomic mass is 16.1. The number of benzene rings is 2. The molecule has 0 aliphatic carbocycles. The molecule has 2 aromatic carbocycles. The van der Waals surface area contributed by atoms with Crippen molar-refractivity contribution in [2.75, 3.05) is 5.32 Å². The number of aromatic nitrogens is 1. The number of hydrogen-bond donors (Lipinski definition) is 1. The monoisotopic (exact) mass is 397 g/mol. The first-order valence-corrected chi connectivity index (χ1v) is 9.97. The van der Waals surface area contributed by atoms with Crippen molar-refractivity contribution in [3.63, 3.8) is 0 Å². The van der Waals surface area contributed by atoms with Crippen LogP contribution in [0.1, 0.15) is 39.2 Å². The zero-order valence-electron chi connectivity index (χ0n) is 18.4. The van der Waals surface area contributed by atoms with Crippen LogP contribution < -0.4 is 5.32 Å². The Bertz CT molecular complexity index is 1190. The molecule has 3 rings (SSSR count). The van der Waals surface area contributed by atoms with Gasteiger partial charge in [-0.2, -0.15) is 5.26 Å². The van der Waals surface area contributed by atoms with Crippen LogP contribution in [0.5, 0.6) is 0 Å². The van der Waals surface area contributed by atoms with Gasteiger partial charge in [-0.25, -0.2) is 0 Å². The van der Waals surface area contributed by atoms with Gasteiger partial charge in [0.2, 0.25) is 0 Å². The maximum absolute atomic E-state index is 12.7. The smallest absolute Gasteiger partial charge is 0.266 e. The van der Waals surface area contributed by atoms with E-state index in [4.69, 9.17) is 0 Å². The molecule has 0 radical (unpaired) electrons. The highest BCUT2D eigenvalue weighted by molar-refractivity contribution is 6.09. The van der Waals surface area contributed by atoms with Crippen LogP contribution in [0.4, 0.5) is 5.69 Å². The van der Waals surface area contributed by atoms with Crippen LogP contribution in [0.2, 0.25) is 0 Å². The van der Waals surface area contributed by atoms with E-state index in [1.54, 1.807) is 6.08 Å². The summed E-state index contributed by atoms with van der Waals surface area (Å²) in [7, 11) is 0. The molecule has 1 heterocycles. The van der Waals surface area contributed by atoms with Crippen molar-refractivity contribution in [1.82, 2.24) is 4.57 Å². The maximum Gasteiger partial charge on any atom is 0.266 e. The summed E-state index contributed by atoms with van der Waals surface area (Å²) in [5.74, 6) is -0.406. The molecule has 4 heteroatoms. The number of nitrogens with one attached hydrogen (secondary N) is 1. The van der Waals surface area contributed by atoms with Crippen LogP contribution in [-0.4, -0.2) is 10.5 Å². The molecule has 3 aromatic rings. The highest BCUT2D eigenvalue weighted by Gasteiger charge is 2.14. The van der Waals surface area contributed by atoms with Crippen molar-refractivity contribution in [3.05, 3.63) is 87.2 Å². The van der Waals surface area contributed by atoms with Crippen LogP contribution in [0.25, 0.3) is 11.8 Å². The third kappa shape index (κ3) is 4.36. The standard InChI is InChI=1S/C26H27N3O/c1-16-9-17(2)11-25(10-16)29-20(5)13-22(21(29)6)14-23(15-27)26(30)28-24-8-7-18(3)19(4)12-24/h7-14H,1-6H3,(H,28,30). The molecule has 0 aliphatic heterocycles. The van der Waals surface area contributed by atoms with E-state index in [0.29, 0.717) is 5.69 Å². The van der Waals surface area contributed by atoms with E-state index in [9.17, 15) is 10.1 Å². The lowest BCUT2D eigenvalue weighted by Gasteiger charge is -2.12. The first kappa shape index (κ1) is 21.1. The van der Waals surface area contributed by atoms with Gasteiger partial charge in [0.15, 0.2) is 0 Å².